The number of aliphatic hydroxyl groups is 1. The molecule has 1 aromatic carbocycles. The molecule has 2 saturated carbocycles. The summed E-state index contributed by atoms with van der Waals surface area (Å²) in [5.41, 5.74) is 1.90. The molecule has 4 aliphatic rings. The number of amides is 1. The Labute approximate surface area is 229 Å². The quantitative estimate of drug-likeness (QED) is 0.243. The number of rotatable bonds is 7. The van der Waals surface area contributed by atoms with E-state index in [1.807, 2.05) is 76.0 Å². The van der Waals surface area contributed by atoms with Gasteiger partial charge in [0, 0.05) is 16.4 Å². The monoisotopic (exact) mass is 545 g/mol. The van der Waals surface area contributed by atoms with Crippen molar-refractivity contribution >= 4 is 28.5 Å². The summed E-state index contributed by atoms with van der Waals surface area (Å²) in [5, 5.41) is 9.67. The first-order valence-corrected chi connectivity index (χ1v) is 12.1. The Kier molecular flexibility index (Phi) is 10.6. The van der Waals surface area contributed by atoms with Gasteiger partial charge in [-0.25, -0.2) is 4.79 Å². The van der Waals surface area contributed by atoms with Gasteiger partial charge in [-0.05, 0) is 76.3 Å². The molecule has 0 bridgehead atoms. The number of aliphatic hydroxyl groups excluding tert-OH is 1. The summed E-state index contributed by atoms with van der Waals surface area (Å²) in [6.07, 6.45) is 18.6. The number of hydrogen-bond donors (Lipinski definition) is 1. The van der Waals surface area contributed by atoms with E-state index in [1.165, 1.54) is 22.7 Å². The van der Waals surface area contributed by atoms with Crippen LogP contribution in [0.25, 0.3) is 4.91 Å². The van der Waals surface area contributed by atoms with E-state index >= 15 is 0 Å². The molecule has 2 heterocycles. The van der Waals surface area contributed by atoms with E-state index in [0.29, 0.717) is 10.7 Å². The number of ether oxygens (including phenoxy) is 2. The fraction of sp³-hybridized carbons (Fsp3) is 0.214. The van der Waals surface area contributed by atoms with Gasteiger partial charge in [-0.3, -0.25) is 9.69 Å². The van der Waals surface area contributed by atoms with Gasteiger partial charge in [0.15, 0.2) is 0 Å². The van der Waals surface area contributed by atoms with Gasteiger partial charge in [-0.1, -0.05) is 36.5 Å². The van der Waals surface area contributed by atoms with Crippen LogP contribution in [-0.2, 0) is 31.4 Å². The number of fused-ring (bicyclic) bond motifs is 1. The second-order valence-electron chi connectivity index (χ2n) is 8.10. The van der Waals surface area contributed by atoms with Crippen molar-refractivity contribution in [3.63, 3.8) is 0 Å². The van der Waals surface area contributed by atoms with Crippen molar-refractivity contribution in [2.45, 2.75) is 18.4 Å². The maximum Gasteiger partial charge on any atom is 2.00 e. The van der Waals surface area contributed by atoms with Crippen LogP contribution in [0.2, 0.25) is 0 Å². The van der Waals surface area contributed by atoms with Crippen molar-refractivity contribution in [1.82, 2.24) is 4.90 Å². The van der Waals surface area contributed by atoms with Gasteiger partial charge in [0.25, 0.3) is 0 Å². The number of thioether (sulfide) groups is 1. The van der Waals surface area contributed by atoms with Crippen molar-refractivity contribution in [3.05, 3.63) is 111 Å². The van der Waals surface area contributed by atoms with Crippen LogP contribution >= 0.6 is 11.8 Å². The standard InChI is InChI=1S/C23H22NO5S.C5H5.Fe/c1-4-11-29-23(27)19-20(30-22-18(13(2)25)21(26)24(19)22)15-9-10-16(17(12-15)28-3)14-7-5-6-8-14;1-2-4-5-3-1;/h4-10,12-13,18,22,25H,1,11H2,2-3H3;1-5H;/q;;+2/t13-,18+,22-;;/m1../s1. The molecule has 2 aliphatic carbocycles. The van der Waals surface area contributed by atoms with Gasteiger partial charge in [-0.2, -0.15) is 0 Å². The molecular weight excluding hydrogens is 518 g/mol. The predicted molar refractivity (Wildman–Crippen MR) is 136 cm³/mol. The topological polar surface area (TPSA) is 76.1 Å². The third kappa shape index (κ3) is 5.88. The first-order valence-electron chi connectivity index (χ1n) is 11.2. The molecule has 2 aliphatic heterocycles. The fourth-order valence-corrected chi connectivity index (χ4v) is 5.73. The van der Waals surface area contributed by atoms with Gasteiger partial charge in [0.1, 0.15) is 23.4 Å². The average Bonchev–Trinajstić information content (AvgIpc) is 3.63. The molecule has 10 radical (unpaired) electrons. The zero-order chi connectivity index (χ0) is 24.9. The Morgan fingerprint density at radius 3 is 2.36 bits per heavy atom. The van der Waals surface area contributed by atoms with E-state index in [2.05, 4.69) is 6.58 Å². The molecule has 6 nitrogen and oxygen atoms in total. The summed E-state index contributed by atoms with van der Waals surface area (Å²) in [4.78, 5) is 27.5. The number of β-lactam (4-membered cyclic amide) rings is 1. The van der Waals surface area contributed by atoms with Gasteiger partial charge < -0.3 is 14.6 Å². The van der Waals surface area contributed by atoms with Gasteiger partial charge in [0.05, 0.1) is 19.1 Å². The molecule has 1 amide bonds. The summed E-state index contributed by atoms with van der Waals surface area (Å²) >= 11 is 1.39. The second-order valence-corrected chi connectivity index (χ2v) is 9.23. The first-order chi connectivity index (χ1) is 17.0. The van der Waals surface area contributed by atoms with Gasteiger partial charge in [0.2, 0.25) is 5.91 Å². The van der Waals surface area contributed by atoms with Crippen LogP contribution in [-0.4, -0.2) is 47.1 Å². The Bertz CT molecular complexity index is 977. The number of esters is 1. The minimum absolute atomic E-state index is 0. The Balaban J connectivity index is 0.000000538. The first kappa shape index (κ1) is 28.8. The molecule has 0 aromatic heterocycles. The fourth-order valence-electron chi connectivity index (χ4n) is 4.12. The van der Waals surface area contributed by atoms with Crippen molar-refractivity contribution < 1.29 is 41.2 Å². The minimum atomic E-state index is -0.801. The molecule has 5 rings (SSSR count). The molecular formula is C28H27FeNO5S+2. The third-order valence-electron chi connectivity index (χ3n) is 5.82. The maximum atomic E-state index is 12.8. The van der Waals surface area contributed by atoms with E-state index in [1.54, 1.807) is 14.0 Å². The summed E-state index contributed by atoms with van der Waals surface area (Å²) in [5.74, 6) is 0.281. The largest absolute Gasteiger partial charge is 2.00 e. The minimum Gasteiger partial charge on any atom is -0.496 e. The Morgan fingerprint density at radius 2 is 1.81 bits per heavy atom. The summed E-state index contributed by atoms with van der Waals surface area (Å²) < 4.78 is 10.8. The van der Waals surface area contributed by atoms with Crippen LogP contribution in [0.4, 0.5) is 0 Å². The smallest absolute Gasteiger partial charge is 0.496 e. The zero-order valence-corrected chi connectivity index (χ0v) is 21.9. The third-order valence-corrected chi connectivity index (χ3v) is 7.23. The number of carbonyl (C=O) groups excluding carboxylic acids is 2. The number of nitrogens with zero attached hydrogens (tertiary/aromatic N) is 1. The number of benzene rings is 1. The molecule has 8 heteroatoms. The van der Waals surface area contributed by atoms with Gasteiger partial charge in [-0.15, -0.1) is 0 Å². The maximum absolute atomic E-state index is 12.8. The zero-order valence-electron chi connectivity index (χ0n) is 19.9. The molecule has 186 valence electrons. The normalized spacial score (nSPS) is 23.8. The van der Waals surface area contributed by atoms with E-state index in [4.69, 9.17) is 9.47 Å². The van der Waals surface area contributed by atoms with Crippen LogP contribution in [0.15, 0.2) is 36.6 Å². The Hall–Kier alpha value is -1.73. The molecule has 36 heavy (non-hydrogen) atoms. The van der Waals surface area contributed by atoms with E-state index < -0.39 is 18.0 Å². The number of methoxy groups -OCH3 is 1. The number of hydrogen-bond acceptors (Lipinski definition) is 6. The summed E-state index contributed by atoms with van der Waals surface area (Å²) in [7, 11) is 1.60. The average molecular weight is 545 g/mol. The molecule has 1 saturated heterocycles. The summed E-state index contributed by atoms with van der Waals surface area (Å²) in [6, 6.07) is 5.70. The van der Waals surface area contributed by atoms with E-state index in [0.717, 1.165) is 17.0 Å². The van der Waals surface area contributed by atoms with Crippen LogP contribution in [0.1, 0.15) is 18.1 Å². The SMILES string of the molecule is C=CCOC(=O)C1=C(c2ccc([C]3[CH][CH][CH][CH]3)c(OC)c2)S[C@@H]2[C@@H]([C@@H](C)O)C(=O)N12.[CH]1[CH][CH][CH][CH]1.[Fe+2]. The van der Waals surface area contributed by atoms with Crippen LogP contribution < -0.4 is 4.74 Å². The molecule has 1 N–H and O–H groups in total. The summed E-state index contributed by atoms with van der Waals surface area (Å²) in [6.45, 7) is 5.20. The molecule has 1 aromatic rings. The molecule has 0 unspecified atom stereocenters. The van der Waals surface area contributed by atoms with Crippen molar-refractivity contribution in [1.29, 1.82) is 0 Å². The van der Waals surface area contributed by atoms with Crippen LogP contribution in [0.3, 0.4) is 0 Å². The molecule has 3 atom stereocenters. The molecule has 3 fully saturated rings. The molecule has 0 spiro atoms. The van der Waals surface area contributed by atoms with E-state index in [-0.39, 0.29) is 40.7 Å². The number of carbonyl (C=O) groups is 2. The van der Waals surface area contributed by atoms with Gasteiger partial charge >= 0.3 is 23.0 Å². The van der Waals surface area contributed by atoms with Crippen molar-refractivity contribution in [2.24, 2.45) is 5.92 Å². The predicted octanol–water partition coefficient (Wildman–Crippen LogP) is 3.78. The van der Waals surface area contributed by atoms with Crippen LogP contribution in [0.5, 0.6) is 5.75 Å². The van der Waals surface area contributed by atoms with E-state index in [9.17, 15) is 14.7 Å². The van der Waals surface area contributed by atoms with Crippen molar-refractivity contribution in [2.75, 3.05) is 13.7 Å². The second kappa shape index (κ2) is 13.2. The van der Waals surface area contributed by atoms with Crippen LogP contribution in [0, 0.1) is 69.6 Å². The Morgan fingerprint density at radius 1 is 1.17 bits per heavy atom. The van der Waals surface area contributed by atoms with Crippen molar-refractivity contribution in [3.8, 4) is 5.75 Å².